The van der Waals surface area contributed by atoms with Crippen molar-refractivity contribution in [1.29, 1.82) is 0 Å². The van der Waals surface area contributed by atoms with E-state index < -0.39 is 11.5 Å². The maximum Gasteiger partial charge on any atom is 0.328 e. The second kappa shape index (κ2) is 6.99. The molecule has 0 saturated carbocycles. The maximum atomic E-state index is 11.5. The minimum absolute atomic E-state index is 0.328. The van der Waals surface area contributed by atoms with Crippen LogP contribution in [0.4, 0.5) is 0 Å². The number of azide groups is 1. The van der Waals surface area contributed by atoms with Crippen LogP contribution in [-0.2, 0) is 10.3 Å². The zero-order valence-electron chi connectivity index (χ0n) is 10.5. The van der Waals surface area contributed by atoms with Gasteiger partial charge in [0.25, 0.3) is 0 Å². The van der Waals surface area contributed by atoms with E-state index in [0.717, 1.165) is 0 Å². The van der Waals surface area contributed by atoms with Crippen LogP contribution in [0.5, 0.6) is 0 Å². The van der Waals surface area contributed by atoms with Gasteiger partial charge < -0.3 is 5.11 Å². The number of nitrogens with one attached hydrogen (secondary N) is 1. The molecule has 1 rings (SSSR count). The van der Waals surface area contributed by atoms with Crippen LogP contribution in [0.2, 0.25) is 5.02 Å². The van der Waals surface area contributed by atoms with Gasteiger partial charge in [-0.2, -0.15) is 0 Å². The minimum atomic E-state index is -1.22. The molecule has 1 atom stereocenters. The summed E-state index contributed by atoms with van der Waals surface area (Å²) in [4.78, 5) is 14.1. The quantitative estimate of drug-likeness (QED) is 0.348. The summed E-state index contributed by atoms with van der Waals surface area (Å²) >= 11 is 5.88. The fourth-order valence-electron chi connectivity index (χ4n) is 1.63. The van der Waals surface area contributed by atoms with Crippen molar-refractivity contribution in [3.63, 3.8) is 0 Å². The van der Waals surface area contributed by atoms with Crippen LogP contribution in [-0.4, -0.2) is 24.2 Å². The maximum absolute atomic E-state index is 11.5. The van der Waals surface area contributed by atoms with Crippen LogP contribution in [0.25, 0.3) is 10.4 Å². The first-order chi connectivity index (χ1) is 9.00. The van der Waals surface area contributed by atoms with Gasteiger partial charge in [0.1, 0.15) is 5.54 Å². The monoisotopic (exact) mass is 282 g/mol. The highest BCUT2D eigenvalue weighted by Gasteiger charge is 2.34. The van der Waals surface area contributed by atoms with Gasteiger partial charge >= 0.3 is 5.97 Å². The molecular formula is C12H15ClN4O2. The number of hydrogen-bond donors (Lipinski definition) is 2. The normalized spacial score (nSPS) is 13.4. The van der Waals surface area contributed by atoms with E-state index in [1.807, 2.05) is 0 Å². The lowest BCUT2D eigenvalue weighted by Crippen LogP contribution is -2.47. The van der Waals surface area contributed by atoms with Crippen LogP contribution in [0, 0.1) is 0 Å². The number of aliphatic carboxylic acids is 1. The fraction of sp³-hybridized carbons (Fsp3) is 0.417. The molecular weight excluding hydrogens is 268 g/mol. The van der Waals surface area contributed by atoms with E-state index in [1.54, 1.807) is 31.2 Å². The Morgan fingerprint density at radius 1 is 1.63 bits per heavy atom. The SMILES string of the molecule is CC(NCCCN=[N+]=[N-])(C(=O)O)c1cccc(Cl)c1. The molecule has 1 aromatic rings. The second-order valence-corrected chi connectivity index (χ2v) is 4.61. The number of carboxylic acid groups (broad SMARTS) is 1. The summed E-state index contributed by atoms with van der Waals surface area (Å²) in [5.41, 5.74) is 7.51. The smallest absolute Gasteiger partial charge is 0.328 e. The van der Waals surface area contributed by atoms with Crippen molar-refractivity contribution < 1.29 is 9.90 Å². The van der Waals surface area contributed by atoms with Crippen molar-refractivity contribution in [2.45, 2.75) is 18.9 Å². The third kappa shape index (κ3) is 4.13. The number of halogens is 1. The average molecular weight is 283 g/mol. The molecule has 1 unspecified atom stereocenters. The van der Waals surface area contributed by atoms with Gasteiger partial charge in [0.05, 0.1) is 0 Å². The Bertz CT molecular complexity index is 502. The Morgan fingerprint density at radius 3 is 2.95 bits per heavy atom. The van der Waals surface area contributed by atoms with E-state index in [4.69, 9.17) is 17.1 Å². The lowest BCUT2D eigenvalue weighted by Gasteiger charge is -2.27. The molecule has 2 N–H and O–H groups in total. The van der Waals surface area contributed by atoms with E-state index in [2.05, 4.69) is 15.3 Å². The van der Waals surface area contributed by atoms with E-state index in [9.17, 15) is 9.90 Å². The molecule has 19 heavy (non-hydrogen) atoms. The first-order valence-corrected chi connectivity index (χ1v) is 6.14. The minimum Gasteiger partial charge on any atom is -0.480 e. The van der Waals surface area contributed by atoms with Crippen molar-refractivity contribution in [2.75, 3.05) is 13.1 Å². The van der Waals surface area contributed by atoms with Gasteiger partial charge in [-0.3, -0.25) is 5.32 Å². The summed E-state index contributed by atoms with van der Waals surface area (Å²) in [7, 11) is 0. The van der Waals surface area contributed by atoms with E-state index in [1.165, 1.54) is 0 Å². The van der Waals surface area contributed by atoms with Crippen molar-refractivity contribution in [3.05, 3.63) is 45.3 Å². The summed E-state index contributed by atoms with van der Waals surface area (Å²) in [6, 6.07) is 6.73. The molecule has 0 bridgehead atoms. The van der Waals surface area contributed by atoms with Crippen LogP contribution < -0.4 is 5.32 Å². The Morgan fingerprint density at radius 2 is 2.37 bits per heavy atom. The van der Waals surface area contributed by atoms with Gasteiger partial charge in [-0.15, -0.1) is 0 Å². The highest BCUT2D eigenvalue weighted by atomic mass is 35.5. The van der Waals surface area contributed by atoms with E-state index >= 15 is 0 Å². The van der Waals surface area contributed by atoms with Crippen molar-refractivity contribution in [3.8, 4) is 0 Å². The molecule has 1 aromatic carbocycles. The summed E-state index contributed by atoms with van der Waals surface area (Å²) < 4.78 is 0. The topological polar surface area (TPSA) is 98.1 Å². The predicted octanol–water partition coefficient (Wildman–Crippen LogP) is 2.93. The lowest BCUT2D eigenvalue weighted by atomic mass is 9.92. The summed E-state index contributed by atoms with van der Waals surface area (Å²) in [6.45, 7) is 2.33. The highest BCUT2D eigenvalue weighted by molar-refractivity contribution is 6.30. The van der Waals surface area contributed by atoms with Gasteiger partial charge in [-0.05, 0) is 43.1 Å². The Labute approximate surface area is 116 Å². The number of carbonyl (C=O) groups is 1. The van der Waals surface area contributed by atoms with Crippen LogP contribution >= 0.6 is 11.6 Å². The highest BCUT2D eigenvalue weighted by Crippen LogP contribution is 2.24. The molecule has 0 spiro atoms. The third-order valence-corrected chi connectivity index (χ3v) is 3.04. The van der Waals surface area contributed by atoms with Crippen LogP contribution in [0.1, 0.15) is 18.9 Å². The fourth-order valence-corrected chi connectivity index (χ4v) is 1.82. The van der Waals surface area contributed by atoms with Gasteiger partial charge in [0, 0.05) is 16.5 Å². The van der Waals surface area contributed by atoms with Gasteiger partial charge in [0.2, 0.25) is 0 Å². The van der Waals surface area contributed by atoms with Crippen molar-refractivity contribution in [2.24, 2.45) is 5.11 Å². The molecule has 0 aromatic heterocycles. The van der Waals surface area contributed by atoms with Crippen LogP contribution in [0.3, 0.4) is 0 Å². The molecule has 6 nitrogen and oxygen atoms in total. The largest absolute Gasteiger partial charge is 0.480 e. The number of rotatable bonds is 7. The van der Waals surface area contributed by atoms with Gasteiger partial charge in [-0.1, -0.05) is 28.8 Å². The molecule has 102 valence electrons. The van der Waals surface area contributed by atoms with Gasteiger partial charge in [-0.25, -0.2) is 4.79 Å². The van der Waals surface area contributed by atoms with E-state index in [0.29, 0.717) is 30.1 Å². The Balaban J connectivity index is 2.80. The summed E-state index contributed by atoms with van der Waals surface area (Å²) in [6.07, 6.45) is 0.563. The number of carboxylic acids is 1. The first-order valence-electron chi connectivity index (χ1n) is 5.76. The number of nitrogens with zero attached hydrogens (tertiary/aromatic N) is 3. The molecule has 7 heteroatoms. The Hall–Kier alpha value is -1.75. The predicted molar refractivity (Wildman–Crippen MR) is 73.1 cm³/mol. The molecule has 0 fully saturated rings. The molecule has 0 saturated heterocycles. The summed E-state index contributed by atoms with van der Waals surface area (Å²) in [5.74, 6) is -0.987. The molecule has 0 amide bonds. The second-order valence-electron chi connectivity index (χ2n) is 4.18. The lowest BCUT2D eigenvalue weighted by molar-refractivity contribution is -0.144. The first kappa shape index (κ1) is 15.3. The summed E-state index contributed by atoms with van der Waals surface area (Å²) in [5, 5.41) is 16.2. The standard InChI is InChI=1S/C12H15ClN4O2/c1-12(11(18)19,15-6-3-7-16-17-14)9-4-2-5-10(13)8-9/h2,4-5,8,15H,3,6-7H2,1H3,(H,18,19). The zero-order valence-corrected chi connectivity index (χ0v) is 11.3. The molecule has 0 aliphatic heterocycles. The average Bonchev–Trinajstić information content (AvgIpc) is 2.38. The molecule has 0 aliphatic carbocycles. The third-order valence-electron chi connectivity index (χ3n) is 2.81. The molecule has 0 aliphatic rings. The molecule has 0 radical (unpaired) electrons. The number of hydrogen-bond acceptors (Lipinski definition) is 3. The number of benzene rings is 1. The van der Waals surface area contributed by atoms with E-state index in [-0.39, 0.29) is 0 Å². The Kier molecular flexibility index (Phi) is 5.63. The zero-order chi connectivity index (χ0) is 14.3. The van der Waals surface area contributed by atoms with Crippen molar-refractivity contribution >= 4 is 17.6 Å². The van der Waals surface area contributed by atoms with Gasteiger partial charge in [0.15, 0.2) is 0 Å². The van der Waals surface area contributed by atoms with Crippen molar-refractivity contribution in [1.82, 2.24) is 5.32 Å². The molecule has 0 heterocycles. The van der Waals surface area contributed by atoms with Crippen LogP contribution in [0.15, 0.2) is 29.4 Å².